The quantitative estimate of drug-likeness (QED) is 0.181. The number of thioether (sulfide) groups is 1. The Morgan fingerprint density at radius 2 is 1.94 bits per heavy atom. The average Bonchev–Trinajstić information content (AvgIpc) is 2.87. The normalized spacial score (nSPS) is 10.4. The van der Waals surface area contributed by atoms with Gasteiger partial charge in [0.15, 0.2) is 5.16 Å². The molecule has 9 nitrogen and oxygen atoms in total. The number of nitrogens with one attached hydrogen (secondary N) is 1. The van der Waals surface area contributed by atoms with Crippen molar-refractivity contribution in [1.82, 2.24) is 14.5 Å². The summed E-state index contributed by atoms with van der Waals surface area (Å²) in [6.45, 7) is 5.56. The van der Waals surface area contributed by atoms with Crippen LogP contribution >= 0.6 is 11.8 Å². The van der Waals surface area contributed by atoms with Gasteiger partial charge in [-0.3, -0.25) is 19.0 Å². The molecule has 0 radical (unpaired) electrons. The molecule has 0 spiro atoms. The van der Waals surface area contributed by atoms with Crippen LogP contribution in [0.2, 0.25) is 0 Å². The molecule has 10 heteroatoms. The molecule has 1 aromatic heterocycles. The molecule has 36 heavy (non-hydrogen) atoms. The SMILES string of the molecule is CCOCCCn1c(SCC(=O)Nc2cc(C)ccc2OC)nc2ccccc2c1=O.CN(C)C=O. The summed E-state index contributed by atoms with van der Waals surface area (Å²) in [6, 6.07) is 12.9. The number of aryl methyl sites for hydroxylation is 1. The van der Waals surface area contributed by atoms with Crippen LogP contribution in [0.5, 0.6) is 5.75 Å². The number of hydrogen-bond donors (Lipinski definition) is 1. The highest BCUT2D eigenvalue weighted by molar-refractivity contribution is 7.99. The number of carbonyl (C=O) groups is 2. The summed E-state index contributed by atoms with van der Waals surface area (Å²) in [6.07, 6.45) is 1.44. The number of nitrogens with zero attached hydrogens (tertiary/aromatic N) is 3. The van der Waals surface area contributed by atoms with Gasteiger partial charge in [0.1, 0.15) is 5.75 Å². The maximum absolute atomic E-state index is 13.0. The molecule has 0 aliphatic carbocycles. The first kappa shape index (κ1) is 28.9. The minimum atomic E-state index is -0.197. The van der Waals surface area contributed by atoms with Crippen molar-refractivity contribution < 1.29 is 19.1 Å². The van der Waals surface area contributed by atoms with Gasteiger partial charge in [-0.1, -0.05) is 30.0 Å². The molecular weight excluding hydrogens is 480 g/mol. The lowest BCUT2D eigenvalue weighted by Gasteiger charge is -2.14. The number of rotatable bonds is 11. The highest BCUT2D eigenvalue weighted by Crippen LogP contribution is 2.26. The van der Waals surface area contributed by atoms with Gasteiger partial charge >= 0.3 is 0 Å². The lowest BCUT2D eigenvalue weighted by Crippen LogP contribution is -2.25. The maximum atomic E-state index is 13.0. The molecule has 1 N–H and O–H groups in total. The van der Waals surface area contributed by atoms with Crippen LogP contribution in [0.25, 0.3) is 10.9 Å². The molecule has 2 aromatic carbocycles. The van der Waals surface area contributed by atoms with Crippen molar-refractivity contribution in [2.75, 3.05) is 45.5 Å². The summed E-state index contributed by atoms with van der Waals surface area (Å²) >= 11 is 1.24. The molecule has 3 aromatic rings. The Hall–Kier alpha value is -3.37. The van der Waals surface area contributed by atoms with E-state index in [1.807, 2.05) is 50.2 Å². The predicted octanol–water partition coefficient (Wildman–Crippen LogP) is 3.58. The third kappa shape index (κ3) is 8.69. The molecule has 0 saturated heterocycles. The zero-order chi connectivity index (χ0) is 26.5. The van der Waals surface area contributed by atoms with Crippen molar-refractivity contribution in [2.24, 2.45) is 0 Å². The van der Waals surface area contributed by atoms with E-state index in [4.69, 9.17) is 9.47 Å². The molecule has 0 aliphatic heterocycles. The maximum Gasteiger partial charge on any atom is 0.262 e. The Balaban J connectivity index is 0.000000830. The van der Waals surface area contributed by atoms with Crippen LogP contribution in [0.3, 0.4) is 0 Å². The van der Waals surface area contributed by atoms with Crippen molar-refractivity contribution in [2.45, 2.75) is 32.0 Å². The first-order valence-corrected chi connectivity index (χ1v) is 12.6. The molecule has 194 valence electrons. The number of fused-ring (bicyclic) bond motifs is 1. The first-order valence-electron chi connectivity index (χ1n) is 11.6. The second-order valence-electron chi connectivity index (χ2n) is 8.03. The monoisotopic (exact) mass is 514 g/mol. The molecular formula is C26H34N4O5S. The Kier molecular flexibility index (Phi) is 11.9. The summed E-state index contributed by atoms with van der Waals surface area (Å²) < 4.78 is 12.4. The number of amides is 2. The lowest BCUT2D eigenvalue weighted by molar-refractivity contribution is -0.116. The molecule has 0 bridgehead atoms. The minimum absolute atomic E-state index is 0.106. The number of ether oxygens (including phenoxy) is 2. The van der Waals surface area contributed by atoms with Crippen LogP contribution in [0.1, 0.15) is 18.9 Å². The molecule has 0 atom stereocenters. The third-order valence-corrected chi connectivity index (χ3v) is 5.85. The van der Waals surface area contributed by atoms with Gasteiger partial charge in [-0.25, -0.2) is 4.98 Å². The van der Waals surface area contributed by atoms with E-state index < -0.39 is 0 Å². The van der Waals surface area contributed by atoms with E-state index in [2.05, 4.69) is 10.3 Å². The van der Waals surface area contributed by atoms with Crippen LogP contribution in [0.4, 0.5) is 5.69 Å². The highest BCUT2D eigenvalue weighted by atomic mass is 32.2. The van der Waals surface area contributed by atoms with Crippen LogP contribution in [0, 0.1) is 6.92 Å². The van der Waals surface area contributed by atoms with E-state index in [9.17, 15) is 14.4 Å². The van der Waals surface area contributed by atoms with Gasteiger partial charge in [0.05, 0.1) is 29.5 Å². The van der Waals surface area contributed by atoms with E-state index in [0.29, 0.717) is 53.7 Å². The van der Waals surface area contributed by atoms with Gasteiger partial charge in [-0.05, 0) is 50.1 Å². The standard InChI is InChI=1S/C23H27N3O4S.C3H7NO/c1-4-30-13-7-12-26-22(28)17-8-5-6-9-18(17)25-23(26)31-15-21(27)24-19-14-16(2)10-11-20(19)29-3;1-4(2)3-5/h5-6,8-11,14H,4,7,12-13,15H2,1-3H3,(H,24,27);3H,1-2H3. The fourth-order valence-electron chi connectivity index (χ4n) is 3.16. The summed E-state index contributed by atoms with van der Waals surface area (Å²) in [4.78, 5) is 41.1. The van der Waals surface area contributed by atoms with Crippen molar-refractivity contribution in [3.63, 3.8) is 0 Å². The fourth-order valence-corrected chi connectivity index (χ4v) is 3.99. The molecule has 3 rings (SSSR count). The second kappa shape index (κ2) is 14.9. The second-order valence-corrected chi connectivity index (χ2v) is 8.97. The van der Waals surface area contributed by atoms with Crippen LogP contribution in [-0.2, 0) is 20.9 Å². The van der Waals surface area contributed by atoms with E-state index in [1.165, 1.54) is 16.7 Å². The molecule has 0 unspecified atom stereocenters. The molecule has 0 aliphatic rings. The Morgan fingerprint density at radius 1 is 1.22 bits per heavy atom. The number of para-hydroxylation sites is 1. The third-order valence-electron chi connectivity index (χ3n) is 4.87. The summed E-state index contributed by atoms with van der Waals surface area (Å²) in [7, 11) is 4.94. The summed E-state index contributed by atoms with van der Waals surface area (Å²) in [5.74, 6) is 0.519. The number of aromatic nitrogens is 2. The van der Waals surface area contributed by atoms with Crippen LogP contribution < -0.4 is 15.6 Å². The number of benzene rings is 2. The zero-order valence-electron chi connectivity index (χ0n) is 21.4. The molecule has 2 amide bonds. The highest BCUT2D eigenvalue weighted by Gasteiger charge is 2.14. The van der Waals surface area contributed by atoms with Crippen LogP contribution in [0.15, 0.2) is 52.4 Å². The van der Waals surface area contributed by atoms with E-state index in [-0.39, 0.29) is 17.2 Å². The van der Waals surface area contributed by atoms with Gasteiger partial charge in [0.2, 0.25) is 12.3 Å². The van der Waals surface area contributed by atoms with E-state index >= 15 is 0 Å². The summed E-state index contributed by atoms with van der Waals surface area (Å²) in [5, 5.41) is 3.97. The van der Waals surface area contributed by atoms with Crippen LogP contribution in [-0.4, -0.2) is 66.9 Å². The molecule has 0 fully saturated rings. The first-order chi connectivity index (χ1) is 17.3. The summed E-state index contributed by atoms with van der Waals surface area (Å²) in [5.41, 5.74) is 2.15. The van der Waals surface area contributed by atoms with Crippen molar-refractivity contribution >= 4 is 40.7 Å². The Labute approximate surface area is 215 Å². The largest absolute Gasteiger partial charge is 0.495 e. The van der Waals surface area contributed by atoms with Crippen molar-refractivity contribution in [3.05, 3.63) is 58.4 Å². The van der Waals surface area contributed by atoms with Gasteiger partial charge < -0.3 is 19.7 Å². The van der Waals surface area contributed by atoms with Gasteiger partial charge in [-0.15, -0.1) is 0 Å². The molecule has 1 heterocycles. The van der Waals surface area contributed by atoms with Crippen molar-refractivity contribution in [1.29, 1.82) is 0 Å². The average molecular weight is 515 g/mol. The number of hydrogen-bond acceptors (Lipinski definition) is 7. The predicted molar refractivity (Wildman–Crippen MR) is 144 cm³/mol. The van der Waals surface area contributed by atoms with E-state index in [1.54, 1.807) is 31.8 Å². The smallest absolute Gasteiger partial charge is 0.262 e. The van der Waals surface area contributed by atoms with Gasteiger partial charge in [-0.2, -0.15) is 0 Å². The van der Waals surface area contributed by atoms with Gasteiger partial charge in [0.25, 0.3) is 5.56 Å². The number of anilines is 1. The number of methoxy groups -OCH3 is 1. The van der Waals surface area contributed by atoms with Crippen molar-refractivity contribution in [3.8, 4) is 5.75 Å². The fraction of sp³-hybridized carbons (Fsp3) is 0.385. The Morgan fingerprint density at radius 3 is 2.61 bits per heavy atom. The molecule has 0 saturated carbocycles. The lowest BCUT2D eigenvalue weighted by atomic mass is 10.2. The Bertz CT molecular complexity index is 1210. The van der Waals surface area contributed by atoms with Gasteiger partial charge in [0, 0.05) is 33.9 Å². The topological polar surface area (TPSA) is 103 Å². The number of carbonyl (C=O) groups excluding carboxylic acids is 2. The minimum Gasteiger partial charge on any atom is -0.495 e. The van der Waals surface area contributed by atoms with E-state index in [0.717, 1.165) is 12.0 Å². The zero-order valence-corrected chi connectivity index (χ0v) is 22.3.